The first-order valence-corrected chi connectivity index (χ1v) is 12.9. The fourth-order valence-corrected chi connectivity index (χ4v) is 5.78. The SMILES string of the molecule is Cc1nc2nc(NC(C)c3cccnc3)nc(C(=O)N3CC(CC(=O)C4CCCCC4)C3)c2s1. The van der Waals surface area contributed by atoms with Gasteiger partial charge in [0.25, 0.3) is 5.91 Å². The van der Waals surface area contributed by atoms with E-state index in [1.165, 1.54) is 30.6 Å². The number of likely N-dealkylation sites (tertiary alicyclic amines) is 1. The molecule has 1 unspecified atom stereocenters. The summed E-state index contributed by atoms with van der Waals surface area (Å²) in [5, 5.41) is 4.13. The third kappa shape index (κ3) is 4.80. The maximum atomic E-state index is 13.4. The molecule has 0 aromatic carbocycles. The number of carbonyl (C=O) groups is 2. The van der Waals surface area contributed by atoms with E-state index in [1.807, 2.05) is 26.0 Å². The Kier molecular flexibility index (Phi) is 6.54. The lowest BCUT2D eigenvalue weighted by Crippen LogP contribution is -2.51. The van der Waals surface area contributed by atoms with Crippen molar-refractivity contribution in [2.45, 2.75) is 58.4 Å². The topological polar surface area (TPSA) is 101 Å². The predicted molar refractivity (Wildman–Crippen MR) is 132 cm³/mol. The van der Waals surface area contributed by atoms with Crippen molar-refractivity contribution in [1.82, 2.24) is 24.8 Å². The number of carbonyl (C=O) groups excluding carboxylic acids is 2. The number of thiazole rings is 1. The number of hydrogen-bond acceptors (Lipinski definition) is 8. The number of aromatic nitrogens is 4. The number of rotatable bonds is 7. The van der Waals surface area contributed by atoms with Crippen LogP contribution in [-0.2, 0) is 4.79 Å². The number of hydrogen-bond donors (Lipinski definition) is 1. The first-order valence-electron chi connectivity index (χ1n) is 12.1. The fraction of sp³-hybridized carbons (Fsp3) is 0.520. The predicted octanol–water partition coefficient (Wildman–Crippen LogP) is 4.57. The van der Waals surface area contributed by atoms with Crippen LogP contribution in [0.1, 0.15) is 72.6 Å². The lowest BCUT2D eigenvalue weighted by molar-refractivity contribution is -0.125. The van der Waals surface area contributed by atoms with Crippen LogP contribution in [-0.4, -0.2) is 49.6 Å². The highest BCUT2D eigenvalue weighted by molar-refractivity contribution is 7.18. The van der Waals surface area contributed by atoms with Gasteiger partial charge in [0.2, 0.25) is 5.95 Å². The summed E-state index contributed by atoms with van der Waals surface area (Å²) in [5.74, 6) is 1.13. The molecule has 2 aliphatic rings. The fourth-order valence-electron chi connectivity index (χ4n) is 4.94. The van der Waals surface area contributed by atoms with Gasteiger partial charge in [-0.05, 0) is 38.3 Å². The van der Waals surface area contributed by atoms with E-state index >= 15 is 0 Å². The van der Waals surface area contributed by atoms with E-state index in [-0.39, 0.29) is 23.8 Å². The van der Waals surface area contributed by atoms with Crippen molar-refractivity contribution in [3.05, 3.63) is 40.8 Å². The zero-order valence-electron chi connectivity index (χ0n) is 19.7. The molecule has 8 nitrogen and oxygen atoms in total. The van der Waals surface area contributed by atoms with Gasteiger partial charge in [0.1, 0.15) is 10.5 Å². The molecule has 0 spiro atoms. The summed E-state index contributed by atoms with van der Waals surface area (Å²) in [7, 11) is 0. The molecule has 1 atom stereocenters. The van der Waals surface area contributed by atoms with Gasteiger partial charge in [0, 0.05) is 43.7 Å². The molecule has 1 amide bonds. The van der Waals surface area contributed by atoms with Crippen LogP contribution < -0.4 is 5.32 Å². The Morgan fingerprint density at radius 2 is 1.97 bits per heavy atom. The van der Waals surface area contributed by atoms with Crippen LogP contribution in [0.4, 0.5) is 5.95 Å². The van der Waals surface area contributed by atoms with Crippen molar-refractivity contribution in [3.63, 3.8) is 0 Å². The van der Waals surface area contributed by atoms with E-state index in [9.17, 15) is 9.59 Å². The third-order valence-electron chi connectivity index (χ3n) is 6.89. The minimum absolute atomic E-state index is 0.0759. The van der Waals surface area contributed by atoms with Crippen molar-refractivity contribution >= 4 is 39.3 Å². The van der Waals surface area contributed by atoms with Gasteiger partial charge in [0.15, 0.2) is 11.3 Å². The van der Waals surface area contributed by atoms with Crippen LogP contribution in [0.3, 0.4) is 0 Å². The molecule has 1 saturated carbocycles. The average Bonchev–Trinajstić information content (AvgIpc) is 3.21. The monoisotopic (exact) mass is 478 g/mol. The van der Waals surface area contributed by atoms with Crippen LogP contribution in [0.25, 0.3) is 10.3 Å². The molecule has 3 aromatic heterocycles. The summed E-state index contributed by atoms with van der Waals surface area (Å²) in [6, 6.07) is 3.79. The van der Waals surface area contributed by atoms with Crippen molar-refractivity contribution in [2.24, 2.45) is 11.8 Å². The maximum Gasteiger partial charge on any atom is 0.274 e. The molecular weight excluding hydrogens is 448 g/mol. The van der Waals surface area contributed by atoms with Gasteiger partial charge in [-0.25, -0.2) is 9.97 Å². The number of aryl methyl sites for hydroxylation is 1. The number of amides is 1. The van der Waals surface area contributed by atoms with Crippen LogP contribution in [0, 0.1) is 18.8 Å². The lowest BCUT2D eigenvalue weighted by Gasteiger charge is -2.39. The summed E-state index contributed by atoms with van der Waals surface area (Å²) in [5.41, 5.74) is 1.92. The van der Waals surface area contributed by atoms with Gasteiger partial charge in [-0.3, -0.25) is 14.6 Å². The first kappa shape index (κ1) is 22.8. The lowest BCUT2D eigenvalue weighted by atomic mass is 9.81. The van der Waals surface area contributed by atoms with Crippen molar-refractivity contribution < 1.29 is 9.59 Å². The summed E-state index contributed by atoms with van der Waals surface area (Å²) in [4.78, 5) is 45.7. The molecule has 9 heteroatoms. The molecule has 178 valence electrons. The molecule has 1 saturated heterocycles. The molecular formula is C25H30N6O2S. The number of nitrogens with one attached hydrogen (secondary N) is 1. The summed E-state index contributed by atoms with van der Waals surface area (Å²) in [6.45, 7) is 5.12. The van der Waals surface area contributed by atoms with E-state index < -0.39 is 0 Å². The molecule has 3 aromatic rings. The van der Waals surface area contributed by atoms with Gasteiger partial charge in [-0.1, -0.05) is 25.3 Å². The number of fused-ring (bicyclic) bond motifs is 1. The Morgan fingerprint density at radius 3 is 2.71 bits per heavy atom. The maximum absolute atomic E-state index is 13.4. The Hall–Kier alpha value is -2.94. The smallest absolute Gasteiger partial charge is 0.274 e. The number of Topliss-reactive ketones (excluding diaryl/α,β-unsaturated/α-hetero) is 1. The van der Waals surface area contributed by atoms with Gasteiger partial charge < -0.3 is 10.2 Å². The minimum atomic E-state index is -0.116. The molecule has 34 heavy (non-hydrogen) atoms. The third-order valence-corrected chi connectivity index (χ3v) is 7.85. The molecule has 4 heterocycles. The van der Waals surface area contributed by atoms with Crippen LogP contribution >= 0.6 is 11.3 Å². The van der Waals surface area contributed by atoms with E-state index in [0.717, 1.165) is 23.4 Å². The number of nitrogens with zero attached hydrogens (tertiary/aromatic N) is 5. The highest BCUT2D eigenvalue weighted by atomic mass is 32.1. The highest BCUT2D eigenvalue weighted by Crippen LogP contribution is 2.31. The Morgan fingerprint density at radius 1 is 1.18 bits per heavy atom. The van der Waals surface area contributed by atoms with Crippen LogP contribution in [0.2, 0.25) is 0 Å². The Balaban J connectivity index is 1.29. The minimum Gasteiger partial charge on any atom is -0.348 e. The second-order valence-electron chi connectivity index (χ2n) is 9.52. The molecule has 1 N–H and O–H groups in total. The second kappa shape index (κ2) is 9.74. The molecule has 1 aliphatic heterocycles. The second-order valence-corrected chi connectivity index (χ2v) is 10.7. The zero-order valence-corrected chi connectivity index (χ0v) is 20.5. The van der Waals surface area contributed by atoms with Gasteiger partial charge >= 0.3 is 0 Å². The van der Waals surface area contributed by atoms with Crippen LogP contribution in [0.15, 0.2) is 24.5 Å². The van der Waals surface area contributed by atoms with Gasteiger partial charge in [-0.2, -0.15) is 4.98 Å². The summed E-state index contributed by atoms with van der Waals surface area (Å²) >= 11 is 1.44. The van der Waals surface area contributed by atoms with E-state index in [1.54, 1.807) is 17.3 Å². The molecule has 2 fully saturated rings. The number of pyridine rings is 1. The van der Waals surface area contributed by atoms with E-state index in [2.05, 4.69) is 25.3 Å². The standard InChI is InChI=1S/C25H30N6O2S/c1-15(19-9-6-10-26-12-19)27-25-29-21(22-23(30-25)28-16(2)34-22)24(33)31-13-17(14-31)11-20(32)18-7-4-3-5-8-18/h6,9-10,12,15,17-18H,3-5,7-8,11,13-14H2,1-2H3,(H,27,29,30). The molecule has 5 rings (SSSR count). The normalized spacial score (nSPS) is 18.0. The van der Waals surface area contributed by atoms with E-state index in [0.29, 0.717) is 47.3 Å². The average molecular weight is 479 g/mol. The van der Waals surface area contributed by atoms with Crippen molar-refractivity contribution in [2.75, 3.05) is 18.4 Å². The highest BCUT2D eigenvalue weighted by Gasteiger charge is 2.36. The van der Waals surface area contributed by atoms with Crippen molar-refractivity contribution in [1.29, 1.82) is 0 Å². The van der Waals surface area contributed by atoms with E-state index in [4.69, 9.17) is 0 Å². The first-order chi connectivity index (χ1) is 16.5. The van der Waals surface area contributed by atoms with Gasteiger partial charge in [0.05, 0.1) is 11.0 Å². The van der Waals surface area contributed by atoms with Crippen LogP contribution in [0.5, 0.6) is 0 Å². The largest absolute Gasteiger partial charge is 0.348 e. The molecule has 0 bridgehead atoms. The quantitative estimate of drug-likeness (QED) is 0.531. The summed E-state index contributed by atoms with van der Waals surface area (Å²) in [6.07, 6.45) is 9.76. The van der Waals surface area contributed by atoms with Gasteiger partial charge in [-0.15, -0.1) is 11.3 Å². The Labute approximate surface area is 203 Å². The Bertz CT molecular complexity index is 1180. The molecule has 0 radical (unpaired) electrons. The molecule has 1 aliphatic carbocycles. The summed E-state index contributed by atoms with van der Waals surface area (Å²) < 4.78 is 0.712. The number of anilines is 1. The van der Waals surface area contributed by atoms with Crippen molar-refractivity contribution in [3.8, 4) is 0 Å². The number of ketones is 1. The zero-order chi connectivity index (χ0) is 23.7.